The monoisotopic (exact) mass is 384 g/mol. The van der Waals surface area contributed by atoms with Gasteiger partial charge in [-0.1, -0.05) is 5.16 Å². The zero-order valence-corrected chi connectivity index (χ0v) is 15.8. The molecule has 0 radical (unpaired) electrons. The van der Waals surface area contributed by atoms with Gasteiger partial charge in [0.1, 0.15) is 5.76 Å². The maximum Gasteiger partial charge on any atom is 0.228 e. The van der Waals surface area contributed by atoms with Crippen LogP contribution in [0.25, 0.3) is 10.8 Å². The van der Waals surface area contributed by atoms with E-state index in [1.807, 2.05) is 0 Å². The van der Waals surface area contributed by atoms with Crippen LogP contribution in [-0.4, -0.2) is 44.0 Å². The highest BCUT2D eigenvalue weighted by Crippen LogP contribution is 2.24. The van der Waals surface area contributed by atoms with Gasteiger partial charge in [0.15, 0.2) is 16.6 Å². The van der Waals surface area contributed by atoms with Crippen molar-refractivity contribution in [3.8, 4) is 10.8 Å². The molecule has 1 saturated heterocycles. The van der Waals surface area contributed by atoms with E-state index in [1.54, 1.807) is 42.8 Å². The third kappa shape index (κ3) is 4.37. The molecule has 1 amide bonds. The van der Waals surface area contributed by atoms with Gasteiger partial charge in [-0.25, -0.2) is 15.0 Å². The van der Waals surface area contributed by atoms with E-state index in [0.717, 1.165) is 43.2 Å². The second-order valence-corrected chi connectivity index (χ2v) is 7.44. The van der Waals surface area contributed by atoms with Crippen LogP contribution in [0, 0.1) is 12.8 Å². The molecule has 0 spiro atoms. The first-order valence-corrected chi connectivity index (χ1v) is 9.73. The Morgan fingerprint density at radius 2 is 2.11 bits per heavy atom. The Kier molecular flexibility index (Phi) is 5.21. The molecule has 1 N–H and O–H groups in total. The Hall–Kier alpha value is -2.65. The first kappa shape index (κ1) is 17.7. The largest absolute Gasteiger partial charge is 0.360 e. The lowest BCUT2D eigenvalue weighted by Gasteiger charge is -2.30. The number of likely N-dealkylation sites (tertiary alicyclic amines) is 1. The van der Waals surface area contributed by atoms with E-state index in [0.29, 0.717) is 17.4 Å². The van der Waals surface area contributed by atoms with Crippen molar-refractivity contribution in [2.24, 2.45) is 5.92 Å². The number of nitrogens with zero attached hydrogens (tertiary/aromatic N) is 5. The summed E-state index contributed by atoms with van der Waals surface area (Å²) >= 11 is 1.56. The lowest BCUT2D eigenvalue weighted by molar-refractivity contribution is -0.121. The van der Waals surface area contributed by atoms with Gasteiger partial charge in [0, 0.05) is 36.3 Å². The molecule has 0 bridgehead atoms. The molecule has 4 heterocycles. The zero-order valence-electron chi connectivity index (χ0n) is 15.0. The van der Waals surface area contributed by atoms with Gasteiger partial charge in [0.25, 0.3) is 0 Å². The molecule has 0 aliphatic carbocycles. The quantitative estimate of drug-likeness (QED) is 0.722. The van der Waals surface area contributed by atoms with Crippen LogP contribution in [-0.2, 0) is 11.3 Å². The smallest absolute Gasteiger partial charge is 0.228 e. The van der Waals surface area contributed by atoms with Crippen LogP contribution >= 0.6 is 11.3 Å². The Bertz CT molecular complexity index is 901. The molecule has 0 atom stereocenters. The minimum atomic E-state index is 0.00182. The Morgan fingerprint density at radius 1 is 1.33 bits per heavy atom. The molecule has 8 nitrogen and oxygen atoms in total. The van der Waals surface area contributed by atoms with Gasteiger partial charge >= 0.3 is 0 Å². The number of aromatic nitrogens is 4. The number of rotatable bonds is 5. The van der Waals surface area contributed by atoms with Gasteiger partial charge < -0.3 is 9.84 Å². The molecule has 0 unspecified atom stereocenters. The molecule has 140 valence electrons. The van der Waals surface area contributed by atoms with E-state index in [9.17, 15) is 4.79 Å². The predicted molar refractivity (Wildman–Crippen MR) is 101 cm³/mol. The van der Waals surface area contributed by atoms with Crippen LogP contribution < -0.4 is 5.32 Å². The summed E-state index contributed by atoms with van der Waals surface area (Å²) in [7, 11) is 0. The minimum Gasteiger partial charge on any atom is -0.360 e. The molecule has 1 aliphatic heterocycles. The third-order valence-corrected chi connectivity index (χ3v) is 5.42. The number of hydrogen-bond acceptors (Lipinski definition) is 8. The third-order valence-electron chi connectivity index (χ3n) is 4.53. The van der Waals surface area contributed by atoms with Crippen molar-refractivity contribution in [2.75, 3.05) is 18.4 Å². The number of piperidine rings is 1. The topological polar surface area (TPSA) is 97.0 Å². The van der Waals surface area contributed by atoms with Crippen molar-refractivity contribution < 1.29 is 9.32 Å². The minimum absolute atomic E-state index is 0.00182. The van der Waals surface area contributed by atoms with Crippen LogP contribution in [0.4, 0.5) is 5.82 Å². The van der Waals surface area contributed by atoms with Crippen molar-refractivity contribution in [1.29, 1.82) is 0 Å². The summed E-state index contributed by atoms with van der Waals surface area (Å²) in [4.78, 5) is 27.8. The van der Waals surface area contributed by atoms with E-state index >= 15 is 0 Å². The molecule has 1 aliphatic rings. The molecule has 3 aromatic rings. The SMILES string of the molecule is Cc1cc(NC(=O)C2CCN(Cc3csc(-c4ncccn4)n3)CC2)no1. The summed E-state index contributed by atoms with van der Waals surface area (Å²) in [5, 5.41) is 9.53. The van der Waals surface area contributed by atoms with Crippen LogP contribution in [0.15, 0.2) is 34.4 Å². The van der Waals surface area contributed by atoms with Crippen molar-refractivity contribution in [1.82, 2.24) is 25.0 Å². The predicted octanol–water partition coefficient (Wildman–Crippen LogP) is 2.75. The van der Waals surface area contributed by atoms with E-state index in [-0.39, 0.29) is 11.8 Å². The Labute approximate surface area is 160 Å². The average molecular weight is 384 g/mol. The molecule has 3 aromatic heterocycles. The lowest BCUT2D eigenvalue weighted by atomic mass is 9.96. The summed E-state index contributed by atoms with van der Waals surface area (Å²) in [5.41, 5.74) is 1.02. The second kappa shape index (κ2) is 7.93. The fourth-order valence-electron chi connectivity index (χ4n) is 3.13. The maximum absolute atomic E-state index is 12.4. The molecule has 9 heteroatoms. The summed E-state index contributed by atoms with van der Waals surface area (Å²) in [6.07, 6.45) is 5.09. The second-order valence-electron chi connectivity index (χ2n) is 6.58. The highest BCUT2D eigenvalue weighted by atomic mass is 32.1. The van der Waals surface area contributed by atoms with Gasteiger partial charge in [0.05, 0.1) is 5.69 Å². The first-order valence-electron chi connectivity index (χ1n) is 8.86. The molecular weight excluding hydrogens is 364 g/mol. The Morgan fingerprint density at radius 3 is 2.81 bits per heavy atom. The van der Waals surface area contributed by atoms with E-state index in [2.05, 4.69) is 35.7 Å². The van der Waals surface area contributed by atoms with E-state index in [1.165, 1.54) is 0 Å². The number of carbonyl (C=O) groups is 1. The molecule has 27 heavy (non-hydrogen) atoms. The maximum atomic E-state index is 12.4. The van der Waals surface area contributed by atoms with Gasteiger partial charge in [-0.15, -0.1) is 11.3 Å². The molecule has 0 saturated carbocycles. The normalized spacial score (nSPS) is 15.7. The van der Waals surface area contributed by atoms with Gasteiger partial charge in [0.2, 0.25) is 5.91 Å². The highest BCUT2D eigenvalue weighted by Gasteiger charge is 2.26. The van der Waals surface area contributed by atoms with Crippen molar-refractivity contribution in [3.05, 3.63) is 41.4 Å². The Balaban J connectivity index is 1.28. The van der Waals surface area contributed by atoms with Crippen LogP contribution in [0.2, 0.25) is 0 Å². The van der Waals surface area contributed by atoms with E-state index in [4.69, 9.17) is 4.52 Å². The molecular formula is C18H20N6O2S. The van der Waals surface area contributed by atoms with Gasteiger partial charge in [-0.3, -0.25) is 9.69 Å². The summed E-state index contributed by atoms with van der Waals surface area (Å²) < 4.78 is 4.98. The number of nitrogens with one attached hydrogen (secondary N) is 1. The number of thiazole rings is 1. The summed E-state index contributed by atoms with van der Waals surface area (Å²) in [6, 6.07) is 3.52. The standard InChI is InChI=1S/C18H20N6O2S/c1-12-9-15(23-26-12)22-17(25)13-3-7-24(8-4-13)10-14-11-27-18(21-14)16-19-5-2-6-20-16/h2,5-6,9,11,13H,3-4,7-8,10H2,1H3,(H,22,23,25). The van der Waals surface area contributed by atoms with Crippen LogP contribution in [0.3, 0.4) is 0 Å². The van der Waals surface area contributed by atoms with Crippen molar-refractivity contribution >= 4 is 23.1 Å². The fourth-order valence-corrected chi connectivity index (χ4v) is 3.88. The molecule has 0 aromatic carbocycles. The zero-order chi connectivity index (χ0) is 18.6. The lowest BCUT2D eigenvalue weighted by Crippen LogP contribution is -2.37. The van der Waals surface area contributed by atoms with Gasteiger partial charge in [-0.2, -0.15) is 0 Å². The number of carbonyl (C=O) groups excluding carboxylic acids is 1. The first-order chi connectivity index (χ1) is 13.2. The fraction of sp³-hybridized carbons (Fsp3) is 0.389. The highest BCUT2D eigenvalue weighted by molar-refractivity contribution is 7.13. The summed E-state index contributed by atoms with van der Waals surface area (Å²) in [5.74, 6) is 1.84. The van der Waals surface area contributed by atoms with E-state index < -0.39 is 0 Å². The van der Waals surface area contributed by atoms with Crippen LogP contribution in [0.1, 0.15) is 24.3 Å². The average Bonchev–Trinajstić information content (AvgIpc) is 3.32. The van der Waals surface area contributed by atoms with Crippen molar-refractivity contribution in [2.45, 2.75) is 26.3 Å². The van der Waals surface area contributed by atoms with Gasteiger partial charge in [-0.05, 0) is 38.9 Å². The molecule has 4 rings (SSSR count). The number of anilines is 1. The number of aryl methyl sites for hydroxylation is 1. The number of amides is 1. The molecule has 1 fully saturated rings. The van der Waals surface area contributed by atoms with Crippen molar-refractivity contribution in [3.63, 3.8) is 0 Å². The van der Waals surface area contributed by atoms with Crippen LogP contribution in [0.5, 0.6) is 0 Å². The summed E-state index contributed by atoms with van der Waals surface area (Å²) in [6.45, 7) is 4.31. The number of hydrogen-bond donors (Lipinski definition) is 1.